The van der Waals surface area contributed by atoms with Crippen molar-refractivity contribution in [3.63, 3.8) is 0 Å². The monoisotopic (exact) mass is 357 g/mol. The third-order valence-corrected chi connectivity index (χ3v) is 5.29. The Morgan fingerprint density at radius 1 is 1.24 bits per heavy atom. The Morgan fingerprint density at radius 2 is 2.00 bits per heavy atom. The summed E-state index contributed by atoms with van der Waals surface area (Å²) in [5.74, 6) is 2.04. The zero-order chi connectivity index (χ0) is 18.0. The molecule has 3 rings (SSSR count). The Hall–Kier alpha value is -2.08. The molecule has 0 saturated carbocycles. The van der Waals surface area contributed by atoms with E-state index in [1.54, 1.807) is 11.8 Å². The number of para-hydroxylation sites is 1. The van der Waals surface area contributed by atoms with Crippen LogP contribution in [0.15, 0.2) is 38.7 Å². The van der Waals surface area contributed by atoms with E-state index in [2.05, 4.69) is 19.0 Å². The first kappa shape index (κ1) is 17.7. The molecule has 132 valence electrons. The van der Waals surface area contributed by atoms with E-state index >= 15 is 0 Å². The fraction of sp³-hybridized carbons (Fsp3) is 0.421. The molecular formula is C19H23N3O2S. The van der Waals surface area contributed by atoms with Gasteiger partial charge >= 0.3 is 0 Å². The maximum absolute atomic E-state index is 12.9. The van der Waals surface area contributed by atoms with E-state index in [0.717, 1.165) is 34.1 Å². The Labute approximate surface area is 151 Å². The molecule has 0 N–H and O–H groups in total. The molecule has 3 aromatic rings. The van der Waals surface area contributed by atoms with Gasteiger partial charge in [0, 0.05) is 17.9 Å². The van der Waals surface area contributed by atoms with Crippen LogP contribution in [0.3, 0.4) is 0 Å². The smallest absolute Gasteiger partial charge is 0.262 e. The lowest BCUT2D eigenvalue weighted by Crippen LogP contribution is -2.24. The van der Waals surface area contributed by atoms with Gasteiger partial charge in [0.1, 0.15) is 5.76 Å². The molecule has 1 aromatic carbocycles. The SMILES string of the molecule is Cc1noc(C)c1CSc1nc2ccccc2c(=O)n1CCC(C)C. The highest BCUT2D eigenvalue weighted by atomic mass is 32.2. The molecule has 0 radical (unpaired) electrons. The van der Waals surface area contributed by atoms with Crippen molar-refractivity contribution in [1.29, 1.82) is 0 Å². The summed E-state index contributed by atoms with van der Waals surface area (Å²) in [6, 6.07) is 7.54. The maximum Gasteiger partial charge on any atom is 0.262 e. The first-order valence-corrected chi connectivity index (χ1v) is 9.50. The summed E-state index contributed by atoms with van der Waals surface area (Å²) >= 11 is 1.57. The number of hydrogen-bond donors (Lipinski definition) is 0. The van der Waals surface area contributed by atoms with Crippen molar-refractivity contribution >= 4 is 22.7 Å². The van der Waals surface area contributed by atoms with Crippen LogP contribution in [-0.4, -0.2) is 14.7 Å². The van der Waals surface area contributed by atoms with Gasteiger partial charge in [0.25, 0.3) is 5.56 Å². The zero-order valence-electron chi connectivity index (χ0n) is 15.1. The molecule has 0 aliphatic rings. The van der Waals surface area contributed by atoms with E-state index in [0.29, 0.717) is 23.6 Å². The van der Waals surface area contributed by atoms with Gasteiger partial charge in [0.05, 0.1) is 16.6 Å². The summed E-state index contributed by atoms with van der Waals surface area (Å²) in [5.41, 5.74) is 2.74. The van der Waals surface area contributed by atoms with Gasteiger partial charge in [-0.2, -0.15) is 0 Å². The Balaban J connectivity index is 1.99. The van der Waals surface area contributed by atoms with Crippen LogP contribution in [0.25, 0.3) is 10.9 Å². The third-order valence-electron chi connectivity index (χ3n) is 4.28. The van der Waals surface area contributed by atoms with Crippen LogP contribution in [0.4, 0.5) is 0 Å². The summed E-state index contributed by atoms with van der Waals surface area (Å²) in [6.07, 6.45) is 0.943. The molecule has 0 spiro atoms. The minimum absolute atomic E-state index is 0.0347. The number of hydrogen-bond acceptors (Lipinski definition) is 5. The highest BCUT2D eigenvalue weighted by molar-refractivity contribution is 7.98. The number of benzene rings is 1. The molecule has 0 fully saturated rings. The Bertz CT molecular complexity index is 924. The first-order valence-electron chi connectivity index (χ1n) is 8.51. The van der Waals surface area contributed by atoms with E-state index < -0.39 is 0 Å². The second kappa shape index (κ2) is 7.44. The van der Waals surface area contributed by atoms with Crippen LogP contribution in [0.1, 0.15) is 37.3 Å². The summed E-state index contributed by atoms with van der Waals surface area (Å²) in [4.78, 5) is 17.7. The van der Waals surface area contributed by atoms with E-state index in [9.17, 15) is 4.79 Å². The van der Waals surface area contributed by atoms with Crippen molar-refractivity contribution in [3.05, 3.63) is 51.6 Å². The largest absolute Gasteiger partial charge is 0.361 e. The lowest BCUT2D eigenvalue weighted by atomic mass is 10.1. The maximum atomic E-state index is 12.9. The van der Waals surface area contributed by atoms with Crippen molar-refractivity contribution in [1.82, 2.24) is 14.7 Å². The fourth-order valence-corrected chi connectivity index (χ4v) is 3.87. The molecule has 25 heavy (non-hydrogen) atoms. The predicted octanol–water partition coefficient (Wildman–Crippen LogP) is 4.34. The molecule has 0 aliphatic carbocycles. The van der Waals surface area contributed by atoms with E-state index in [1.807, 2.05) is 42.7 Å². The molecule has 0 aliphatic heterocycles. The van der Waals surface area contributed by atoms with Crippen molar-refractivity contribution in [2.45, 2.75) is 51.6 Å². The molecular weight excluding hydrogens is 334 g/mol. The average molecular weight is 357 g/mol. The van der Waals surface area contributed by atoms with Crippen LogP contribution in [0, 0.1) is 19.8 Å². The fourth-order valence-electron chi connectivity index (χ4n) is 2.69. The first-order chi connectivity index (χ1) is 12.0. The highest BCUT2D eigenvalue weighted by Gasteiger charge is 2.15. The van der Waals surface area contributed by atoms with Crippen molar-refractivity contribution in [3.8, 4) is 0 Å². The second-order valence-electron chi connectivity index (χ2n) is 6.64. The number of fused-ring (bicyclic) bond motifs is 1. The molecule has 6 heteroatoms. The van der Waals surface area contributed by atoms with Gasteiger partial charge in [-0.25, -0.2) is 4.98 Å². The molecule has 2 aromatic heterocycles. The molecule has 0 unspecified atom stereocenters. The molecule has 0 amide bonds. The lowest BCUT2D eigenvalue weighted by molar-refractivity contribution is 0.392. The van der Waals surface area contributed by atoms with Crippen LogP contribution >= 0.6 is 11.8 Å². The van der Waals surface area contributed by atoms with E-state index in [-0.39, 0.29) is 5.56 Å². The van der Waals surface area contributed by atoms with E-state index in [4.69, 9.17) is 9.51 Å². The highest BCUT2D eigenvalue weighted by Crippen LogP contribution is 2.26. The number of nitrogens with zero attached hydrogens (tertiary/aromatic N) is 3. The number of rotatable bonds is 6. The van der Waals surface area contributed by atoms with Gasteiger partial charge in [-0.15, -0.1) is 0 Å². The number of thioether (sulfide) groups is 1. The molecule has 5 nitrogen and oxygen atoms in total. The zero-order valence-corrected chi connectivity index (χ0v) is 15.9. The normalized spacial score (nSPS) is 11.6. The third kappa shape index (κ3) is 3.79. The summed E-state index contributed by atoms with van der Waals surface area (Å²) in [5, 5.41) is 5.43. The van der Waals surface area contributed by atoms with Gasteiger partial charge in [-0.05, 0) is 38.3 Å². The molecule has 0 atom stereocenters. The quantitative estimate of drug-likeness (QED) is 0.485. The minimum atomic E-state index is 0.0347. The van der Waals surface area contributed by atoms with Crippen molar-refractivity contribution in [2.75, 3.05) is 0 Å². The molecule has 0 saturated heterocycles. The van der Waals surface area contributed by atoms with Gasteiger partial charge in [0.2, 0.25) is 0 Å². The Kier molecular flexibility index (Phi) is 5.27. The van der Waals surface area contributed by atoms with Crippen molar-refractivity contribution in [2.24, 2.45) is 5.92 Å². The number of aromatic nitrogens is 3. The molecule has 2 heterocycles. The number of aryl methyl sites for hydroxylation is 2. The lowest BCUT2D eigenvalue weighted by Gasteiger charge is -2.14. The topological polar surface area (TPSA) is 60.9 Å². The summed E-state index contributed by atoms with van der Waals surface area (Å²) in [7, 11) is 0. The second-order valence-corrected chi connectivity index (χ2v) is 7.58. The average Bonchev–Trinajstić information content (AvgIpc) is 2.90. The minimum Gasteiger partial charge on any atom is -0.361 e. The van der Waals surface area contributed by atoms with Crippen LogP contribution < -0.4 is 5.56 Å². The van der Waals surface area contributed by atoms with Gasteiger partial charge in [0.15, 0.2) is 5.16 Å². The van der Waals surface area contributed by atoms with Crippen LogP contribution in [0.5, 0.6) is 0 Å². The van der Waals surface area contributed by atoms with Crippen LogP contribution in [-0.2, 0) is 12.3 Å². The standard InChI is InChI=1S/C19H23N3O2S/c1-12(2)9-10-22-18(23)15-7-5-6-8-17(15)20-19(22)25-11-16-13(3)21-24-14(16)4/h5-8,12H,9-11H2,1-4H3. The van der Waals surface area contributed by atoms with Gasteiger partial charge in [-0.3, -0.25) is 9.36 Å². The molecule has 0 bridgehead atoms. The predicted molar refractivity (Wildman–Crippen MR) is 101 cm³/mol. The van der Waals surface area contributed by atoms with E-state index in [1.165, 1.54) is 0 Å². The summed E-state index contributed by atoms with van der Waals surface area (Å²) < 4.78 is 7.05. The summed E-state index contributed by atoms with van der Waals surface area (Å²) in [6.45, 7) is 8.85. The Morgan fingerprint density at radius 3 is 2.68 bits per heavy atom. The van der Waals surface area contributed by atoms with Gasteiger partial charge in [-0.1, -0.05) is 42.9 Å². The van der Waals surface area contributed by atoms with Gasteiger partial charge < -0.3 is 4.52 Å². The van der Waals surface area contributed by atoms with Crippen molar-refractivity contribution < 1.29 is 4.52 Å². The van der Waals surface area contributed by atoms with Crippen LogP contribution in [0.2, 0.25) is 0 Å².